The number of hydrogen-bond donors (Lipinski definition) is 0. The number of ether oxygens (including phenoxy) is 1. The molecular formula is C14H18O2. The maximum Gasteiger partial charge on any atom is 0.309 e. The van der Waals surface area contributed by atoms with Crippen molar-refractivity contribution in [2.45, 2.75) is 33.3 Å². The van der Waals surface area contributed by atoms with Gasteiger partial charge in [0.25, 0.3) is 0 Å². The van der Waals surface area contributed by atoms with Crippen molar-refractivity contribution >= 4 is 5.97 Å². The van der Waals surface area contributed by atoms with Crippen LogP contribution in [0.2, 0.25) is 0 Å². The number of benzene rings is 1. The Bertz CT molecular complexity index is 368. The molecule has 0 bridgehead atoms. The van der Waals surface area contributed by atoms with Gasteiger partial charge in [-0.25, -0.2) is 0 Å². The zero-order chi connectivity index (χ0) is 11.6. The van der Waals surface area contributed by atoms with Crippen LogP contribution in [0, 0.1) is 11.3 Å². The first-order valence-corrected chi connectivity index (χ1v) is 5.80. The Morgan fingerprint density at radius 3 is 2.56 bits per heavy atom. The lowest BCUT2D eigenvalue weighted by Crippen LogP contribution is -2.41. The first-order valence-electron chi connectivity index (χ1n) is 5.80. The third-order valence-corrected chi connectivity index (χ3v) is 3.53. The molecular weight excluding hydrogens is 200 g/mol. The second-order valence-corrected chi connectivity index (χ2v) is 5.17. The Hall–Kier alpha value is -1.31. The summed E-state index contributed by atoms with van der Waals surface area (Å²) in [6.45, 7) is 4.65. The third kappa shape index (κ3) is 2.26. The van der Waals surface area contributed by atoms with E-state index in [0.717, 1.165) is 18.4 Å². The van der Waals surface area contributed by atoms with Crippen molar-refractivity contribution in [3.63, 3.8) is 0 Å². The highest BCUT2D eigenvalue weighted by molar-refractivity contribution is 5.74. The van der Waals surface area contributed by atoms with E-state index in [1.165, 1.54) is 0 Å². The van der Waals surface area contributed by atoms with Gasteiger partial charge in [-0.1, -0.05) is 44.2 Å². The molecule has 1 saturated carbocycles. The van der Waals surface area contributed by atoms with E-state index in [9.17, 15) is 4.79 Å². The van der Waals surface area contributed by atoms with Gasteiger partial charge in [-0.3, -0.25) is 4.79 Å². The molecule has 0 saturated heterocycles. The van der Waals surface area contributed by atoms with E-state index in [1.54, 1.807) is 0 Å². The maximum absolute atomic E-state index is 11.8. The lowest BCUT2D eigenvalue weighted by atomic mass is 9.62. The van der Waals surface area contributed by atoms with Crippen molar-refractivity contribution in [1.82, 2.24) is 0 Å². The predicted molar refractivity (Wildman–Crippen MR) is 62.7 cm³/mol. The molecule has 0 N–H and O–H groups in total. The van der Waals surface area contributed by atoms with E-state index in [4.69, 9.17) is 4.74 Å². The summed E-state index contributed by atoms with van der Waals surface area (Å²) >= 11 is 0. The van der Waals surface area contributed by atoms with Gasteiger partial charge in [0.15, 0.2) is 0 Å². The number of hydrogen-bond acceptors (Lipinski definition) is 2. The van der Waals surface area contributed by atoms with Crippen LogP contribution in [0.15, 0.2) is 30.3 Å². The molecule has 0 aliphatic heterocycles. The first kappa shape index (κ1) is 11.2. The van der Waals surface area contributed by atoms with Crippen LogP contribution in [-0.2, 0) is 16.1 Å². The Balaban J connectivity index is 1.85. The van der Waals surface area contributed by atoms with Crippen molar-refractivity contribution in [3.05, 3.63) is 35.9 Å². The summed E-state index contributed by atoms with van der Waals surface area (Å²) in [5.74, 6) is 0.0521. The standard InChI is InChI=1S/C14H18O2/c1-14(2)9-8-12(14)13(15)16-10-11-6-4-3-5-7-11/h3-7,12H,8-10H2,1-2H3. The summed E-state index contributed by atoms with van der Waals surface area (Å²) in [5, 5.41) is 0. The summed E-state index contributed by atoms with van der Waals surface area (Å²) in [4.78, 5) is 11.8. The Labute approximate surface area is 96.6 Å². The Kier molecular flexibility index (Phi) is 2.99. The van der Waals surface area contributed by atoms with Crippen LogP contribution in [0.1, 0.15) is 32.3 Å². The van der Waals surface area contributed by atoms with Crippen LogP contribution in [0.25, 0.3) is 0 Å². The van der Waals surface area contributed by atoms with Crippen LogP contribution < -0.4 is 0 Å². The molecule has 2 rings (SSSR count). The molecule has 86 valence electrons. The Morgan fingerprint density at radius 1 is 1.38 bits per heavy atom. The monoisotopic (exact) mass is 218 g/mol. The largest absolute Gasteiger partial charge is 0.461 e. The fourth-order valence-corrected chi connectivity index (χ4v) is 2.13. The van der Waals surface area contributed by atoms with Gasteiger partial charge < -0.3 is 4.74 Å². The molecule has 1 fully saturated rings. The van der Waals surface area contributed by atoms with Gasteiger partial charge in [-0.2, -0.15) is 0 Å². The topological polar surface area (TPSA) is 26.3 Å². The minimum Gasteiger partial charge on any atom is -0.461 e. The lowest BCUT2D eigenvalue weighted by molar-refractivity contribution is -0.160. The predicted octanol–water partition coefficient (Wildman–Crippen LogP) is 3.17. The highest BCUT2D eigenvalue weighted by Crippen LogP contribution is 2.46. The smallest absolute Gasteiger partial charge is 0.309 e. The van der Waals surface area contributed by atoms with Gasteiger partial charge in [0, 0.05) is 0 Å². The van der Waals surface area contributed by atoms with Crippen LogP contribution >= 0.6 is 0 Å². The Morgan fingerprint density at radius 2 is 2.06 bits per heavy atom. The van der Waals surface area contributed by atoms with Gasteiger partial charge >= 0.3 is 5.97 Å². The zero-order valence-electron chi connectivity index (χ0n) is 9.90. The maximum atomic E-state index is 11.8. The molecule has 1 aliphatic rings. The lowest BCUT2D eigenvalue weighted by Gasteiger charge is -2.42. The zero-order valence-corrected chi connectivity index (χ0v) is 9.90. The molecule has 1 unspecified atom stereocenters. The third-order valence-electron chi connectivity index (χ3n) is 3.53. The summed E-state index contributed by atoms with van der Waals surface area (Å²) in [5.41, 5.74) is 1.18. The molecule has 0 aromatic heterocycles. The van der Waals surface area contributed by atoms with Crippen molar-refractivity contribution in [2.24, 2.45) is 11.3 Å². The van der Waals surface area contributed by atoms with E-state index in [-0.39, 0.29) is 17.3 Å². The number of rotatable bonds is 3. The minimum atomic E-state index is -0.0416. The molecule has 16 heavy (non-hydrogen) atoms. The highest BCUT2D eigenvalue weighted by atomic mass is 16.5. The SMILES string of the molecule is CC1(C)CCC1C(=O)OCc1ccccc1. The van der Waals surface area contributed by atoms with E-state index >= 15 is 0 Å². The summed E-state index contributed by atoms with van der Waals surface area (Å²) in [6.07, 6.45) is 2.10. The molecule has 0 heterocycles. The summed E-state index contributed by atoms with van der Waals surface area (Å²) < 4.78 is 5.33. The van der Waals surface area contributed by atoms with Crippen molar-refractivity contribution in [2.75, 3.05) is 0 Å². The second-order valence-electron chi connectivity index (χ2n) is 5.17. The molecule has 2 nitrogen and oxygen atoms in total. The quantitative estimate of drug-likeness (QED) is 0.728. The fourth-order valence-electron chi connectivity index (χ4n) is 2.13. The minimum absolute atomic E-state index is 0.0416. The normalized spacial score (nSPS) is 22.2. The van der Waals surface area contributed by atoms with Crippen LogP contribution in [0.3, 0.4) is 0 Å². The number of carbonyl (C=O) groups is 1. The molecule has 1 aromatic carbocycles. The molecule has 0 radical (unpaired) electrons. The van der Waals surface area contributed by atoms with Gasteiger partial charge in [0.2, 0.25) is 0 Å². The molecule has 1 aromatic rings. The highest BCUT2D eigenvalue weighted by Gasteiger charge is 2.44. The molecule has 0 spiro atoms. The van der Waals surface area contributed by atoms with Crippen LogP contribution in [-0.4, -0.2) is 5.97 Å². The van der Waals surface area contributed by atoms with Crippen molar-refractivity contribution in [1.29, 1.82) is 0 Å². The van der Waals surface area contributed by atoms with Crippen LogP contribution in [0.5, 0.6) is 0 Å². The van der Waals surface area contributed by atoms with Crippen LogP contribution in [0.4, 0.5) is 0 Å². The van der Waals surface area contributed by atoms with E-state index in [2.05, 4.69) is 13.8 Å². The fraction of sp³-hybridized carbons (Fsp3) is 0.500. The molecule has 2 heteroatoms. The van der Waals surface area contributed by atoms with Gasteiger partial charge in [0.1, 0.15) is 6.61 Å². The number of esters is 1. The number of carbonyl (C=O) groups excluding carboxylic acids is 1. The van der Waals surface area contributed by atoms with Gasteiger partial charge in [0.05, 0.1) is 5.92 Å². The first-order chi connectivity index (χ1) is 7.59. The van der Waals surface area contributed by atoms with Crippen molar-refractivity contribution in [3.8, 4) is 0 Å². The second kappa shape index (κ2) is 4.28. The van der Waals surface area contributed by atoms with Crippen molar-refractivity contribution < 1.29 is 9.53 Å². The van der Waals surface area contributed by atoms with Gasteiger partial charge in [-0.15, -0.1) is 0 Å². The van der Waals surface area contributed by atoms with E-state index < -0.39 is 0 Å². The summed E-state index contributed by atoms with van der Waals surface area (Å²) in [7, 11) is 0. The van der Waals surface area contributed by atoms with E-state index in [1.807, 2.05) is 30.3 Å². The summed E-state index contributed by atoms with van der Waals surface area (Å²) in [6, 6.07) is 9.81. The molecule has 1 atom stereocenters. The average molecular weight is 218 g/mol. The average Bonchev–Trinajstić information content (AvgIpc) is 2.26. The molecule has 0 amide bonds. The van der Waals surface area contributed by atoms with E-state index in [0.29, 0.717) is 6.61 Å². The molecule has 1 aliphatic carbocycles. The van der Waals surface area contributed by atoms with Gasteiger partial charge in [-0.05, 0) is 23.8 Å².